The average Bonchev–Trinajstić information content (AvgIpc) is 2.83. The second-order valence-corrected chi connectivity index (χ2v) is 6.49. The maximum atomic E-state index is 12.7. The Morgan fingerprint density at radius 2 is 1.68 bits per heavy atom. The van der Waals surface area contributed by atoms with Gasteiger partial charge in [-0.2, -0.15) is 0 Å². The predicted molar refractivity (Wildman–Crippen MR) is 101 cm³/mol. The van der Waals surface area contributed by atoms with E-state index in [2.05, 4.69) is 5.32 Å². The second-order valence-electron chi connectivity index (χ2n) is 5.65. The molecule has 0 radical (unpaired) electrons. The van der Waals surface area contributed by atoms with Crippen LogP contribution in [0.25, 0.3) is 5.57 Å². The van der Waals surface area contributed by atoms with Crippen LogP contribution in [0, 0.1) is 6.92 Å². The number of amides is 2. The lowest BCUT2D eigenvalue weighted by Crippen LogP contribution is -2.32. The van der Waals surface area contributed by atoms with E-state index in [1.807, 2.05) is 13.0 Å². The van der Waals surface area contributed by atoms with Crippen LogP contribution in [0.4, 0.5) is 5.69 Å². The number of likely N-dealkylation sites (N-methyl/N-ethyl adjacent to an activating group) is 1. The van der Waals surface area contributed by atoms with Crippen molar-refractivity contribution in [1.82, 2.24) is 4.90 Å². The van der Waals surface area contributed by atoms with Crippen molar-refractivity contribution < 1.29 is 9.59 Å². The zero-order valence-corrected chi connectivity index (χ0v) is 15.3. The molecule has 0 fully saturated rings. The van der Waals surface area contributed by atoms with Gasteiger partial charge in [0.2, 0.25) is 0 Å². The Labute approximate surface area is 156 Å². The lowest BCUT2D eigenvalue weighted by molar-refractivity contribution is -0.136. The van der Waals surface area contributed by atoms with E-state index in [9.17, 15) is 9.59 Å². The Morgan fingerprint density at radius 3 is 2.32 bits per heavy atom. The van der Waals surface area contributed by atoms with E-state index in [-0.39, 0.29) is 17.5 Å². The summed E-state index contributed by atoms with van der Waals surface area (Å²) in [6.45, 7) is 3.92. The largest absolute Gasteiger partial charge is 0.350 e. The smallest absolute Gasteiger partial charge is 0.278 e. The number of carbonyl (C=O) groups excluding carboxylic acids is 2. The van der Waals surface area contributed by atoms with Crippen molar-refractivity contribution in [2.24, 2.45) is 0 Å². The number of rotatable bonds is 4. The fourth-order valence-electron chi connectivity index (χ4n) is 2.74. The topological polar surface area (TPSA) is 49.4 Å². The standard InChI is InChI=1S/C19H16Cl2N2O2/c1-3-23-18(24)16(12-7-9-13(20)10-8-12)17(19(23)25)22-15-6-4-5-14(21)11(15)2/h4-10,22H,3H2,1-2H3. The Hall–Kier alpha value is -2.30. The average molecular weight is 375 g/mol. The van der Waals surface area contributed by atoms with Crippen LogP contribution in [0.2, 0.25) is 10.0 Å². The number of nitrogens with one attached hydrogen (secondary N) is 1. The van der Waals surface area contributed by atoms with E-state index < -0.39 is 0 Å². The molecule has 1 N–H and O–H groups in total. The molecular weight excluding hydrogens is 359 g/mol. The van der Waals surface area contributed by atoms with E-state index in [0.29, 0.717) is 33.4 Å². The fraction of sp³-hybridized carbons (Fsp3) is 0.158. The summed E-state index contributed by atoms with van der Waals surface area (Å²) in [5.74, 6) is -0.672. The molecule has 1 aliphatic heterocycles. The minimum absolute atomic E-state index is 0.250. The number of nitrogens with zero attached hydrogens (tertiary/aromatic N) is 1. The zero-order valence-electron chi connectivity index (χ0n) is 13.8. The molecule has 2 amide bonds. The van der Waals surface area contributed by atoms with Crippen molar-refractivity contribution in [3.8, 4) is 0 Å². The Kier molecular flexibility index (Phi) is 4.84. The monoisotopic (exact) mass is 374 g/mol. The molecular formula is C19H16Cl2N2O2. The first-order valence-corrected chi connectivity index (χ1v) is 8.58. The SMILES string of the molecule is CCN1C(=O)C(Nc2cccc(Cl)c2C)=C(c2ccc(Cl)cc2)C1=O. The molecule has 1 heterocycles. The molecule has 0 bridgehead atoms. The fourth-order valence-corrected chi connectivity index (χ4v) is 3.04. The van der Waals surface area contributed by atoms with Gasteiger partial charge in [-0.25, -0.2) is 0 Å². The van der Waals surface area contributed by atoms with Gasteiger partial charge in [0.05, 0.1) is 5.57 Å². The van der Waals surface area contributed by atoms with E-state index in [1.165, 1.54) is 4.90 Å². The van der Waals surface area contributed by atoms with Gasteiger partial charge in [-0.3, -0.25) is 14.5 Å². The van der Waals surface area contributed by atoms with Crippen LogP contribution in [0.1, 0.15) is 18.1 Å². The number of halogens is 2. The molecule has 0 unspecified atom stereocenters. The van der Waals surface area contributed by atoms with Gasteiger partial charge < -0.3 is 5.32 Å². The summed E-state index contributed by atoms with van der Waals surface area (Å²) in [6.07, 6.45) is 0. The Morgan fingerprint density at radius 1 is 1.00 bits per heavy atom. The van der Waals surface area contributed by atoms with Crippen LogP contribution in [-0.4, -0.2) is 23.3 Å². The molecule has 0 atom stereocenters. The highest BCUT2D eigenvalue weighted by molar-refractivity contribution is 6.37. The molecule has 0 aromatic heterocycles. The third kappa shape index (κ3) is 3.15. The van der Waals surface area contributed by atoms with Crippen LogP contribution in [0.3, 0.4) is 0 Å². The molecule has 6 heteroatoms. The second kappa shape index (κ2) is 6.90. The first kappa shape index (κ1) is 17.5. The van der Waals surface area contributed by atoms with Crippen molar-refractivity contribution in [1.29, 1.82) is 0 Å². The molecule has 0 spiro atoms. The number of imide groups is 1. The van der Waals surface area contributed by atoms with Crippen LogP contribution in [0.15, 0.2) is 48.2 Å². The van der Waals surface area contributed by atoms with E-state index in [1.54, 1.807) is 43.3 Å². The van der Waals surface area contributed by atoms with Crippen molar-refractivity contribution in [3.05, 3.63) is 69.3 Å². The van der Waals surface area contributed by atoms with Gasteiger partial charge in [0.15, 0.2) is 0 Å². The van der Waals surface area contributed by atoms with Gasteiger partial charge in [0, 0.05) is 22.3 Å². The Balaban J connectivity index is 2.12. The maximum Gasteiger partial charge on any atom is 0.278 e. The van der Waals surface area contributed by atoms with Crippen LogP contribution >= 0.6 is 23.2 Å². The summed E-state index contributed by atoms with van der Waals surface area (Å²) in [7, 11) is 0. The first-order chi connectivity index (χ1) is 11.9. The van der Waals surface area contributed by atoms with Gasteiger partial charge in [0.1, 0.15) is 5.70 Å². The third-order valence-electron chi connectivity index (χ3n) is 4.14. The number of benzene rings is 2. The molecule has 1 aliphatic rings. The van der Waals surface area contributed by atoms with Crippen molar-refractivity contribution in [2.45, 2.75) is 13.8 Å². The zero-order chi connectivity index (χ0) is 18.1. The molecule has 0 saturated heterocycles. The minimum Gasteiger partial charge on any atom is -0.350 e. The first-order valence-electron chi connectivity index (χ1n) is 7.82. The Bertz CT molecular complexity index is 889. The highest BCUT2D eigenvalue weighted by Gasteiger charge is 2.38. The minimum atomic E-state index is -0.350. The molecule has 4 nitrogen and oxygen atoms in total. The summed E-state index contributed by atoms with van der Waals surface area (Å²) in [6, 6.07) is 12.2. The van der Waals surface area contributed by atoms with Crippen molar-refractivity contribution in [2.75, 3.05) is 11.9 Å². The maximum absolute atomic E-state index is 12.7. The van der Waals surface area contributed by atoms with Gasteiger partial charge in [-0.1, -0.05) is 41.4 Å². The number of hydrogen-bond acceptors (Lipinski definition) is 3. The van der Waals surface area contributed by atoms with Gasteiger partial charge in [0.25, 0.3) is 11.8 Å². The quantitative estimate of drug-likeness (QED) is 0.800. The number of hydrogen-bond donors (Lipinski definition) is 1. The third-order valence-corrected chi connectivity index (χ3v) is 4.81. The molecule has 3 rings (SSSR count). The van der Waals surface area contributed by atoms with E-state index >= 15 is 0 Å². The highest BCUT2D eigenvalue weighted by Crippen LogP contribution is 2.32. The number of anilines is 1. The molecule has 25 heavy (non-hydrogen) atoms. The lowest BCUT2D eigenvalue weighted by Gasteiger charge is -2.13. The summed E-state index contributed by atoms with van der Waals surface area (Å²) >= 11 is 12.1. The van der Waals surface area contributed by atoms with Gasteiger partial charge in [-0.05, 0) is 49.2 Å². The van der Waals surface area contributed by atoms with Gasteiger partial charge >= 0.3 is 0 Å². The molecule has 0 aliphatic carbocycles. The van der Waals surface area contributed by atoms with Crippen molar-refractivity contribution >= 4 is 46.3 Å². The number of carbonyl (C=O) groups is 2. The van der Waals surface area contributed by atoms with Crippen LogP contribution in [0.5, 0.6) is 0 Å². The highest BCUT2D eigenvalue weighted by atomic mass is 35.5. The van der Waals surface area contributed by atoms with Gasteiger partial charge in [-0.15, -0.1) is 0 Å². The molecule has 2 aromatic carbocycles. The summed E-state index contributed by atoms with van der Waals surface area (Å²) < 4.78 is 0. The molecule has 128 valence electrons. The van der Waals surface area contributed by atoms with Crippen molar-refractivity contribution in [3.63, 3.8) is 0 Å². The van der Waals surface area contributed by atoms with E-state index in [4.69, 9.17) is 23.2 Å². The van der Waals surface area contributed by atoms with Crippen LogP contribution in [-0.2, 0) is 9.59 Å². The summed E-state index contributed by atoms with van der Waals surface area (Å²) in [4.78, 5) is 26.7. The summed E-state index contributed by atoms with van der Waals surface area (Å²) in [5.41, 5.74) is 2.72. The summed E-state index contributed by atoms with van der Waals surface area (Å²) in [5, 5.41) is 4.26. The van der Waals surface area contributed by atoms with E-state index in [0.717, 1.165) is 5.56 Å². The predicted octanol–water partition coefficient (Wildman–Crippen LogP) is 4.51. The molecule has 0 saturated carbocycles. The lowest BCUT2D eigenvalue weighted by atomic mass is 10.0. The molecule has 2 aromatic rings. The normalized spacial score (nSPS) is 14.5. The van der Waals surface area contributed by atoms with Crippen LogP contribution < -0.4 is 5.32 Å².